The molecule has 20 heavy (non-hydrogen) atoms. The van der Waals surface area contributed by atoms with Gasteiger partial charge in [0, 0.05) is 24.3 Å². The number of hydrogen-bond acceptors (Lipinski definition) is 4. The highest BCUT2D eigenvalue weighted by atomic mass is 35.5. The quantitative estimate of drug-likeness (QED) is 0.794. The second-order valence-corrected chi connectivity index (χ2v) is 4.94. The van der Waals surface area contributed by atoms with E-state index in [2.05, 4.69) is 10.1 Å². The van der Waals surface area contributed by atoms with E-state index in [1.807, 2.05) is 24.3 Å². The van der Waals surface area contributed by atoms with Gasteiger partial charge in [-0.15, -0.1) is 0 Å². The topological polar surface area (TPSA) is 76.2 Å². The molecule has 106 valence electrons. The van der Waals surface area contributed by atoms with E-state index in [0.29, 0.717) is 36.0 Å². The Morgan fingerprint density at radius 1 is 1.25 bits per heavy atom. The average molecular weight is 295 g/mol. The van der Waals surface area contributed by atoms with Crippen molar-refractivity contribution in [3.63, 3.8) is 0 Å². The van der Waals surface area contributed by atoms with Gasteiger partial charge in [0.15, 0.2) is 5.82 Å². The molecule has 0 aliphatic rings. The first-order valence-electron chi connectivity index (χ1n) is 6.41. The van der Waals surface area contributed by atoms with Crippen LogP contribution in [-0.4, -0.2) is 21.2 Å². The summed E-state index contributed by atoms with van der Waals surface area (Å²) < 4.78 is 5.13. The number of hydrogen-bond donors (Lipinski definition) is 1. The van der Waals surface area contributed by atoms with Crippen molar-refractivity contribution in [2.24, 2.45) is 0 Å². The van der Waals surface area contributed by atoms with Gasteiger partial charge in [-0.2, -0.15) is 4.98 Å². The maximum Gasteiger partial charge on any atom is 0.303 e. The highest BCUT2D eigenvalue weighted by molar-refractivity contribution is 6.30. The van der Waals surface area contributed by atoms with Gasteiger partial charge in [-0.25, -0.2) is 0 Å². The molecule has 1 aromatic carbocycles. The Hall–Kier alpha value is -1.88. The number of aliphatic carboxylic acids is 1. The third kappa shape index (κ3) is 4.66. The van der Waals surface area contributed by atoms with Gasteiger partial charge in [0.05, 0.1) is 0 Å². The summed E-state index contributed by atoms with van der Waals surface area (Å²) in [5.41, 5.74) is 1.06. The first-order valence-corrected chi connectivity index (χ1v) is 6.79. The lowest BCUT2D eigenvalue weighted by Gasteiger charge is -1.96. The van der Waals surface area contributed by atoms with Crippen LogP contribution in [0.4, 0.5) is 0 Å². The monoisotopic (exact) mass is 294 g/mol. The predicted octanol–water partition coefficient (Wildman–Crippen LogP) is 3.11. The fourth-order valence-electron chi connectivity index (χ4n) is 1.80. The molecular formula is C14H15ClN2O3. The molecule has 0 unspecified atom stereocenters. The minimum Gasteiger partial charge on any atom is -0.481 e. The first kappa shape index (κ1) is 14.5. The minimum atomic E-state index is -0.779. The molecule has 0 radical (unpaired) electrons. The highest BCUT2D eigenvalue weighted by Crippen LogP contribution is 2.13. The van der Waals surface area contributed by atoms with E-state index in [9.17, 15) is 4.79 Å². The molecule has 5 nitrogen and oxygen atoms in total. The second kappa shape index (κ2) is 7.05. The third-order valence-electron chi connectivity index (χ3n) is 2.82. The Labute approximate surface area is 121 Å². The number of aryl methyl sites for hydroxylation is 1. The summed E-state index contributed by atoms with van der Waals surface area (Å²) >= 11 is 5.82. The van der Waals surface area contributed by atoms with Gasteiger partial charge in [0.2, 0.25) is 5.89 Å². The summed E-state index contributed by atoms with van der Waals surface area (Å²) in [6.45, 7) is 0. The maximum atomic E-state index is 10.4. The summed E-state index contributed by atoms with van der Waals surface area (Å²) in [5.74, 6) is 0.402. The lowest BCUT2D eigenvalue weighted by atomic mass is 10.1. The maximum absolute atomic E-state index is 10.4. The summed E-state index contributed by atoms with van der Waals surface area (Å²) in [6, 6.07) is 7.49. The van der Waals surface area contributed by atoms with Gasteiger partial charge in [-0.1, -0.05) is 28.9 Å². The van der Waals surface area contributed by atoms with Crippen LogP contribution in [0.1, 0.15) is 36.5 Å². The number of unbranched alkanes of at least 4 members (excludes halogenated alkanes) is 1. The summed E-state index contributed by atoms with van der Waals surface area (Å²) in [6.07, 6.45) is 2.72. The van der Waals surface area contributed by atoms with E-state index < -0.39 is 5.97 Å². The Bertz CT molecular complexity index is 566. The molecule has 0 bridgehead atoms. The molecule has 0 fully saturated rings. The fraction of sp³-hybridized carbons (Fsp3) is 0.357. The SMILES string of the molecule is O=C(O)CCCCc1nc(Cc2ccc(Cl)cc2)no1. The van der Waals surface area contributed by atoms with Crippen LogP contribution in [0.2, 0.25) is 5.02 Å². The molecule has 0 atom stereocenters. The van der Waals surface area contributed by atoms with Gasteiger partial charge < -0.3 is 9.63 Å². The van der Waals surface area contributed by atoms with Gasteiger partial charge in [0.1, 0.15) is 0 Å². The molecule has 0 saturated heterocycles. The zero-order chi connectivity index (χ0) is 14.4. The number of benzene rings is 1. The van der Waals surface area contributed by atoms with Gasteiger partial charge >= 0.3 is 5.97 Å². The van der Waals surface area contributed by atoms with E-state index in [1.54, 1.807) is 0 Å². The molecule has 1 heterocycles. The first-order chi connectivity index (χ1) is 9.63. The lowest BCUT2D eigenvalue weighted by Crippen LogP contribution is -1.95. The van der Waals surface area contributed by atoms with Crippen molar-refractivity contribution in [1.82, 2.24) is 10.1 Å². The van der Waals surface area contributed by atoms with Gasteiger partial charge in [0.25, 0.3) is 0 Å². The number of halogens is 1. The number of rotatable bonds is 7. The van der Waals surface area contributed by atoms with Crippen LogP contribution in [0.15, 0.2) is 28.8 Å². The second-order valence-electron chi connectivity index (χ2n) is 4.51. The molecule has 1 aromatic heterocycles. The van der Waals surface area contributed by atoms with Crippen LogP contribution in [0.25, 0.3) is 0 Å². The van der Waals surface area contributed by atoms with Gasteiger partial charge in [-0.3, -0.25) is 4.79 Å². The largest absolute Gasteiger partial charge is 0.481 e. The van der Waals surface area contributed by atoms with E-state index in [0.717, 1.165) is 12.0 Å². The molecular weight excluding hydrogens is 280 g/mol. The summed E-state index contributed by atoms with van der Waals surface area (Å²) in [7, 11) is 0. The van der Waals surface area contributed by atoms with E-state index in [4.69, 9.17) is 21.2 Å². The molecule has 2 rings (SSSR count). The average Bonchev–Trinajstić information content (AvgIpc) is 2.85. The van der Waals surface area contributed by atoms with Crippen molar-refractivity contribution >= 4 is 17.6 Å². The van der Waals surface area contributed by atoms with Gasteiger partial charge in [-0.05, 0) is 30.5 Å². The fourth-order valence-corrected chi connectivity index (χ4v) is 1.93. The molecule has 0 amide bonds. The normalized spacial score (nSPS) is 10.7. The lowest BCUT2D eigenvalue weighted by molar-refractivity contribution is -0.137. The third-order valence-corrected chi connectivity index (χ3v) is 3.07. The van der Waals surface area contributed by atoms with E-state index in [-0.39, 0.29) is 6.42 Å². The molecule has 1 N–H and O–H groups in total. The minimum absolute atomic E-state index is 0.172. The number of carboxylic acid groups (broad SMARTS) is 1. The van der Waals surface area contributed by atoms with Crippen molar-refractivity contribution in [2.75, 3.05) is 0 Å². The standard InChI is InChI=1S/C14H15ClN2O3/c15-11-7-5-10(6-8-11)9-12-16-13(20-17-12)3-1-2-4-14(18)19/h5-8H,1-4,9H2,(H,18,19). The highest BCUT2D eigenvalue weighted by Gasteiger charge is 2.07. The number of carbonyl (C=O) groups is 1. The predicted molar refractivity (Wildman–Crippen MR) is 73.7 cm³/mol. The Morgan fingerprint density at radius 3 is 2.70 bits per heavy atom. The Kier molecular flexibility index (Phi) is 5.12. The van der Waals surface area contributed by atoms with Crippen molar-refractivity contribution in [2.45, 2.75) is 32.1 Å². The summed E-state index contributed by atoms with van der Waals surface area (Å²) in [5, 5.41) is 13.1. The zero-order valence-corrected chi connectivity index (χ0v) is 11.6. The molecule has 0 aliphatic heterocycles. The van der Waals surface area contributed by atoms with Crippen molar-refractivity contribution in [3.05, 3.63) is 46.6 Å². The van der Waals surface area contributed by atoms with Crippen LogP contribution in [0.5, 0.6) is 0 Å². The van der Waals surface area contributed by atoms with Crippen molar-refractivity contribution in [3.8, 4) is 0 Å². The smallest absolute Gasteiger partial charge is 0.303 e. The number of carboxylic acids is 1. The Morgan fingerprint density at radius 2 is 2.00 bits per heavy atom. The van der Waals surface area contributed by atoms with Crippen molar-refractivity contribution < 1.29 is 14.4 Å². The van der Waals surface area contributed by atoms with Crippen LogP contribution in [-0.2, 0) is 17.6 Å². The molecule has 2 aromatic rings. The number of nitrogens with zero attached hydrogens (tertiary/aromatic N) is 2. The zero-order valence-electron chi connectivity index (χ0n) is 10.9. The van der Waals surface area contributed by atoms with Crippen molar-refractivity contribution in [1.29, 1.82) is 0 Å². The Balaban J connectivity index is 1.82. The van der Waals surface area contributed by atoms with E-state index in [1.165, 1.54) is 0 Å². The van der Waals surface area contributed by atoms with Crippen LogP contribution >= 0.6 is 11.6 Å². The summed E-state index contributed by atoms with van der Waals surface area (Å²) in [4.78, 5) is 14.7. The molecule has 0 spiro atoms. The number of aromatic nitrogens is 2. The molecule has 6 heteroatoms. The van der Waals surface area contributed by atoms with E-state index >= 15 is 0 Å². The molecule has 0 saturated carbocycles. The van der Waals surface area contributed by atoms with Crippen LogP contribution < -0.4 is 0 Å². The van der Waals surface area contributed by atoms with Crippen LogP contribution in [0.3, 0.4) is 0 Å². The molecule has 0 aliphatic carbocycles. The van der Waals surface area contributed by atoms with Crippen LogP contribution in [0, 0.1) is 0 Å².